The van der Waals surface area contributed by atoms with Gasteiger partial charge in [-0.05, 0) is 53.6 Å². The fourth-order valence-electron chi connectivity index (χ4n) is 3.30. The van der Waals surface area contributed by atoms with Crippen LogP contribution in [0.15, 0.2) is 65.8 Å². The number of aliphatic carboxylic acids is 1. The normalized spacial score (nSPS) is 16.6. The molecule has 0 saturated carbocycles. The number of nitrogens with two attached hydrogens (primary N) is 1. The molecule has 2 aromatic carbocycles. The van der Waals surface area contributed by atoms with Crippen LogP contribution in [-0.4, -0.2) is 39.8 Å². The third kappa shape index (κ3) is 3.82. The van der Waals surface area contributed by atoms with E-state index in [0.29, 0.717) is 17.0 Å². The number of carboxylic acid groups (broad SMARTS) is 1. The lowest BCUT2D eigenvalue weighted by Crippen LogP contribution is -2.48. The zero-order valence-corrected chi connectivity index (χ0v) is 16.5. The summed E-state index contributed by atoms with van der Waals surface area (Å²) in [5, 5.41) is 9.64. The van der Waals surface area contributed by atoms with Crippen LogP contribution in [0, 0.1) is 0 Å². The molecule has 0 fully saturated rings. The average molecular weight is 426 g/mol. The molecule has 0 aliphatic carbocycles. The van der Waals surface area contributed by atoms with Gasteiger partial charge in [-0.3, -0.25) is 4.79 Å². The summed E-state index contributed by atoms with van der Waals surface area (Å²) < 4.78 is 32.9. The first-order chi connectivity index (χ1) is 14.3. The summed E-state index contributed by atoms with van der Waals surface area (Å²) in [5.74, 6) is -0.853. The van der Waals surface area contributed by atoms with Crippen molar-refractivity contribution in [2.24, 2.45) is 0 Å². The number of sulfonamides is 1. The van der Waals surface area contributed by atoms with Crippen molar-refractivity contribution < 1.29 is 23.1 Å². The van der Waals surface area contributed by atoms with Crippen molar-refractivity contribution in [3.63, 3.8) is 0 Å². The second-order valence-electron chi connectivity index (χ2n) is 6.74. The molecule has 1 aliphatic heterocycles. The Balaban J connectivity index is 1.63. The highest BCUT2D eigenvalue weighted by atomic mass is 32.2. The molecule has 3 aromatic rings. The number of rotatable bonds is 5. The van der Waals surface area contributed by atoms with Gasteiger partial charge in [-0.1, -0.05) is 6.07 Å². The van der Waals surface area contributed by atoms with Gasteiger partial charge >= 0.3 is 12.0 Å². The first-order valence-electron chi connectivity index (χ1n) is 9.01. The number of hydrogen-bond acceptors (Lipinski definition) is 7. The fourth-order valence-corrected chi connectivity index (χ4v) is 4.86. The number of nitrogen functional groups attached to an aromatic ring is 1. The molecule has 2 heterocycles. The minimum absolute atomic E-state index is 0.0394. The van der Waals surface area contributed by atoms with Crippen molar-refractivity contribution in [2.75, 3.05) is 5.73 Å². The molecule has 154 valence electrons. The summed E-state index contributed by atoms with van der Waals surface area (Å²) in [4.78, 5) is 19.7. The summed E-state index contributed by atoms with van der Waals surface area (Å²) in [5.41, 5.74) is 7.77. The van der Waals surface area contributed by atoms with Gasteiger partial charge in [0.15, 0.2) is 0 Å². The lowest BCUT2D eigenvalue weighted by molar-refractivity contribution is -0.141. The van der Waals surface area contributed by atoms with Crippen LogP contribution < -0.4 is 10.5 Å². The first kappa shape index (κ1) is 19.8. The van der Waals surface area contributed by atoms with E-state index < -0.39 is 22.0 Å². The van der Waals surface area contributed by atoms with Gasteiger partial charge < -0.3 is 15.6 Å². The molecule has 0 bridgehead atoms. The van der Waals surface area contributed by atoms with Crippen molar-refractivity contribution in [1.29, 1.82) is 0 Å². The zero-order valence-electron chi connectivity index (χ0n) is 15.7. The molecular weight excluding hydrogens is 408 g/mol. The quantitative estimate of drug-likeness (QED) is 0.592. The third-order valence-electron chi connectivity index (χ3n) is 4.78. The number of carbonyl (C=O) groups is 1. The number of benzene rings is 2. The average Bonchev–Trinajstić information content (AvgIpc) is 2.74. The molecule has 0 spiro atoms. The van der Waals surface area contributed by atoms with Gasteiger partial charge in [0.25, 0.3) is 0 Å². The molecule has 1 aliphatic rings. The largest absolute Gasteiger partial charge is 0.480 e. The second kappa shape index (κ2) is 7.73. The Morgan fingerprint density at radius 2 is 1.80 bits per heavy atom. The molecule has 0 radical (unpaired) electrons. The Bertz CT molecular complexity index is 1180. The molecule has 10 heteroatoms. The van der Waals surface area contributed by atoms with Crippen molar-refractivity contribution in [2.45, 2.75) is 23.9 Å². The molecule has 9 nitrogen and oxygen atoms in total. The first-order valence-corrected chi connectivity index (χ1v) is 10.5. The van der Waals surface area contributed by atoms with Crippen LogP contribution in [-0.2, 0) is 27.8 Å². The molecule has 4 rings (SSSR count). The minimum Gasteiger partial charge on any atom is -0.480 e. The van der Waals surface area contributed by atoms with E-state index in [1.54, 1.807) is 24.3 Å². The van der Waals surface area contributed by atoms with Gasteiger partial charge in [0.05, 0.1) is 4.90 Å². The molecule has 3 N–H and O–H groups in total. The van der Waals surface area contributed by atoms with Gasteiger partial charge in [0.1, 0.15) is 11.8 Å². The van der Waals surface area contributed by atoms with Crippen LogP contribution in [0.4, 0.5) is 5.69 Å². The van der Waals surface area contributed by atoms with Crippen molar-refractivity contribution >= 4 is 21.7 Å². The summed E-state index contributed by atoms with van der Waals surface area (Å²) in [6.45, 7) is -0.0736. The number of carboxylic acids is 1. The van der Waals surface area contributed by atoms with Crippen LogP contribution in [0.25, 0.3) is 0 Å². The number of anilines is 1. The molecule has 0 unspecified atom stereocenters. The van der Waals surface area contributed by atoms with Gasteiger partial charge in [-0.25, -0.2) is 18.4 Å². The van der Waals surface area contributed by atoms with Crippen molar-refractivity contribution in [1.82, 2.24) is 14.3 Å². The van der Waals surface area contributed by atoms with E-state index in [4.69, 9.17) is 10.5 Å². The Morgan fingerprint density at radius 1 is 1.10 bits per heavy atom. The maximum Gasteiger partial charge on any atom is 0.322 e. The lowest BCUT2D eigenvalue weighted by atomic mass is 9.95. The smallest absolute Gasteiger partial charge is 0.322 e. The Kier molecular flexibility index (Phi) is 5.10. The SMILES string of the molecule is Nc1ccc2c(c1)CN(S(=O)(=O)c1ccc(Oc3ncccn3)cc1)[C@@H](C(=O)O)C2. The summed E-state index contributed by atoms with van der Waals surface area (Å²) in [6, 6.07) is 11.3. The Labute approximate surface area is 172 Å². The van der Waals surface area contributed by atoms with Crippen LogP contribution >= 0.6 is 0 Å². The van der Waals surface area contributed by atoms with E-state index in [0.717, 1.165) is 9.87 Å². The van der Waals surface area contributed by atoms with E-state index in [1.165, 1.54) is 36.7 Å². The predicted molar refractivity (Wildman–Crippen MR) is 107 cm³/mol. The molecule has 0 saturated heterocycles. The lowest BCUT2D eigenvalue weighted by Gasteiger charge is -2.33. The molecule has 1 aromatic heterocycles. The topological polar surface area (TPSA) is 136 Å². The minimum atomic E-state index is -4.08. The number of hydrogen-bond donors (Lipinski definition) is 2. The van der Waals surface area contributed by atoms with E-state index in [1.807, 2.05) is 0 Å². The number of nitrogens with zero attached hydrogens (tertiary/aromatic N) is 3. The molecule has 1 atom stereocenters. The molecular formula is C20H18N4O5S. The highest BCUT2D eigenvalue weighted by molar-refractivity contribution is 7.89. The Morgan fingerprint density at radius 3 is 2.47 bits per heavy atom. The monoisotopic (exact) mass is 426 g/mol. The highest BCUT2D eigenvalue weighted by Gasteiger charge is 2.39. The highest BCUT2D eigenvalue weighted by Crippen LogP contribution is 2.31. The van der Waals surface area contributed by atoms with Crippen LogP contribution in [0.3, 0.4) is 0 Å². The van der Waals surface area contributed by atoms with Crippen LogP contribution in [0.5, 0.6) is 11.8 Å². The standard InChI is InChI=1S/C20H18N4O5S/c21-15-3-2-13-11-18(19(25)26)24(12-14(13)10-15)30(27,28)17-6-4-16(5-7-17)29-20-22-8-1-9-23-20/h1-10,18H,11-12,21H2,(H,25,26)/t18-/m1/s1. The third-order valence-corrected chi connectivity index (χ3v) is 6.65. The van der Waals surface area contributed by atoms with Gasteiger partial charge in [-0.15, -0.1) is 0 Å². The van der Waals surface area contributed by atoms with Gasteiger partial charge in [0, 0.05) is 31.0 Å². The summed E-state index contributed by atoms with van der Waals surface area (Å²) >= 11 is 0. The van der Waals surface area contributed by atoms with Crippen molar-refractivity contribution in [3.05, 3.63) is 72.1 Å². The predicted octanol–water partition coefficient (Wildman–Crippen LogP) is 2.05. The van der Waals surface area contributed by atoms with Gasteiger partial charge in [-0.2, -0.15) is 4.31 Å². The Hall–Kier alpha value is -3.50. The van der Waals surface area contributed by atoms with E-state index in [-0.39, 0.29) is 23.9 Å². The van der Waals surface area contributed by atoms with Crippen LogP contribution in [0.1, 0.15) is 11.1 Å². The van der Waals surface area contributed by atoms with Crippen LogP contribution in [0.2, 0.25) is 0 Å². The van der Waals surface area contributed by atoms with E-state index >= 15 is 0 Å². The second-order valence-corrected chi connectivity index (χ2v) is 8.63. The van der Waals surface area contributed by atoms with Gasteiger partial charge in [0.2, 0.25) is 10.0 Å². The number of aromatic nitrogens is 2. The maximum absolute atomic E-state index is 13.2. The summed E-state index contributed by atoms with van der Waals surface area (Å²) in [6.07, 6.45) is 3.11. The maximum atomic E-state index is 13.2. The summed E-state index contributed by atoms with van der Waals surface area (Å²) in [7, 11) is -4.08. The fraction of sp³-hybridized carbons (Fsp3) is 0.150. The van der Waals surface area contributed by atoms with E-state index in [2.05, 4.69) is 9.97 Å². The number of fused-ring (bicyclic) bond motifs is 1. The molecule has 0 amide bonds. The number of ether oxygens (including phenoxy) is 1. The van der Waals surface area contributed by atoms with E-state index in [9.17, 15) is 18.3 Å². The zero-order chi connectivity index (χ0) is 21.3. The van der Waals surface area contributed by atoms with Crippen molar-refractivity contribution in [3.8, 4) is 11.8 Å². The molecule has 30 heavy (non-hydrogen) atoms.